The van der Waals surface area contributed by atoms with Crippen molar-refractivity contribution in [3.05, 3.63) is 24.3 Å². The van der Waals surface area contributed by atoms with Gasteiger partial charge in [0.2, 0.25) is 5.91 Å². The van der Waals surface area contributed by atoms with E-state index in [0.717, 1.165) is 19.3 Å². The standard InChI is InChI=1S/C19H29NO5/c1-2-3-6-10-17(22)19(25)20-15-12-13-16(21)14(15)9-7-4-5-8-11-18(23)24/h4,7,12-15,17,22H,2-3,5-6,8-11H2,1H3,(H,20,25)(H,23,24)/b7-4-/t14-,15+,17+/m1/s1. The largest absolute Gasteiger partial charge is 0.481 e. The lowest BCUT2D eigenvalue weighted by atomic mass is 9.96. The summed E-state index contributed by atoms with van der Waals surface area (Å²) in [5, 5.41) is 21.2. The Morgan fingerprint density at radius 1 is 1.28 bits per heavy atom. The molecule has 25 heavy (non-hydrogen) atoms. The van der Waals surface area contributed by atoms with Crippen LogP contribution in [0, 0.1) is 5.92 Å². The molecule has 0 spiro atoms. The number of allylic oxidation sites excluding steroid dienone is 3. The maximum absolute atomic E-state index is 12.0. The van der Waals surface area contributed by atoms with Crippen LogP contribution in [0.1, 0.15) is 58.3 Å². The molecule has 3 atom stereocenters. The van der Waals surface area contributed by atoms with Gasteiger partial charge in [-0.2, -0.15) is 0 Å². The number of hydrogen-bond acceptors (Lipinski definition) is 4. The first-order valence-corrected chi connectivity index (χ1v) is 9.03. The van der Waals surface area contributed by atoms with E-state index in [1.54, 1.807) is 6.08 Å². The maximum Gasteiger partial charge on any atom is 0.303 e. The van der Waals surface area contributed by atoms with Crippen molar-refractivity contribution in [2.45, 2.75) is 70.4 Å². The van der Waals surface area contributed by atoms with Crippen LogP contribution in [0.2, 0.25) is 0 Å². The van der Waals surface area contributed by atoms with Gasteiger partial charge < -0.3 is 15.5 Å². The second kappa shape index (κ2) is 11.6. The number of rotatable bonds is 12. The van der Waals surface area contributed by atoms with Crippen molar-refractivity contribution in [3.8, 4) is 0 Å². The van der Waals surface area contributed by atoms with Gasteiger partial charge in [-0.05, 0) is 31.8 Å². The van der Waals surface area contributed by atoms with Gasteiger partial charge in [0.15, 0.2) is 5.78 Å². The summed E-state index contributed by atoms with van der Waals surface area (Å²) in [4.78, 5) is 34.4. The van der Waals surface area contributed by atoms with E-state index in [1.165, 1.54) is 6.08 Å². The summed E-state index contributed by atoms with van der Waals surface area (Å²) in [5.41, 5.74) is 0. The SMILES string of the molecule is CCCCC[C@H](O)C(=O)N[C@H]1C=CC(=O)[C@@H]1C/C=C\CCCC(=O)O. The number of aliphatic hydroxyl groups is 1. The van der Waals surface area contributed by atoms with Gasteiger partial charge in [0.1, 0.15) is 6.10 Å². The number of amides is 1. The third-order valence-electron chi connectivity index (χ3n) is 4.28. The Balaban J connectivity index is 2.40. The molecule has 0 aromatic rings. The summed E-state index contributed by atoms with van der Waals surface area (Å²) >= 11 is 0. The van der Waals surface area contributed by atoms with Crippen LogP contribution in [0.15, 0.2) is 24.3 Å². The van der Waals surface area contributed by atoms with Gasteiger partial charge in [0.05, 0.1) is 6.04 Å². The lowest BCUT2D eigenvalue weighted by molar-refractivity contribution is -0.137. The van der Waals surface area contributed by atoms with Crippen molar-refractivity contribution in [1.82, 2.24) is 5.32 Å². The van der Waals surface area contributed by atoms with E-state index in [9.17, 15) is 19.5 Å². The third kappa shape index (κ3) is 8.12. The fraction of sp³-hybridized carbons (Fsp3) is 0.632. The predicted octanol–water partition coefficient (Wildman–Crippen LogP) is 2.37. The molecule has 0 aromatic carbocycles. The van der Waals surface area contributed by atoms with E-state index in [4.69, 9.17) is 5.11 Å². The normalized spacial score (nSPS) is 21.0. The summed E-state index contributed by atoms with van der Waals surface area (Å²) < 4.78 is 0. The summed E-state index contributed by atoms with van der Waals surface area (Å²) in [6, 6.07) is -0.399. The molecule has 3 N–H and O–H groups in total. The number of aliphatic carboxylic acids is 1. The molecule has 0 saturated carbocycles. The number of nitrogens with one attached hydrogen (secondary N) is 1. The van der Waals surface area contributed by atoms with Gasteiger partial charge in [0, 0.05) is 12.3 Å². The van der Waals surface area contributed by atoms with Crippen LogP contribution in [0.25, 0.3) is 0 Å². The number of unbranched alkanes of at least 4 members (excludes halogenated alkanes) is 3. The van der Waals surface area contributed by atoms with Gasteiger partial charge in [-0.1, -0.05) is 44.4 Å². The Labute approximate surface area is 149 Å². The van der Waals surface area contributed by atoms with Gasteiger partial charge >= 0.3 is 5.97 Å². The lowest BCUT2D eigenvalue weighted by Gasteiger charge is -2.20. The zero-order valence-corrected chi connectivity index (χ0v) is 14.8. The van der Waals surface area contributed by atoms with Gasteiger partial charge in [-0.25, -0.2) is 0 Å². The monoisotopic (exact) mass is 351 g/mol. The van der Waals surface area contributed by atoms with Crippen LogP contribution in [0.5, 0.6) is 0 Å². The Morgan fingerprint density at radius 3 is 2.72 bits per heavy atom. The fourth-order valence-corrected chi connectivity index (χ4v) is 2.76. The highest BCUT2D eigenvalue weighted by Crippen LogP contribution is 2.20. The quantitative estimate of drug-likeness (QED) is 0.370. The molecule has 0 saturated heterocycles. The molecule has 140 valence electrons. The lowest BCUT2D eigenvalue weighted by Crippen LogP contribution is -2.43. The van der Waals surface area contributed by atoms with E-state index < -0.39 is 24.0 Å². The zero-order chi connectivity index (χ0) is 18.7. The molecular formula is C19H29NO5. The smallest absolute Gasteiger partial charge is 0.303 e. The van der Waals surface area contributed by atoms with Crippen LogP contribution in [-0.4, -0.2) is 40.0 Å². The van der Waals surface area contributed by atoms with Crippen LogP contribution >= 0.6 is 0 Å². The minimum atomic E-state index is -1.04. The second-order valence-corrected chi connectivity index (χ2v) is 6.41. The van der Waals surface area contributed by atoms with Crippen molar-refractivity contribution in [2.24, 2.45) is 5.92 Å². The number of carbonyl (C=O) groups excluding carboxylic acids is 2. The van der Waals surface area contributed by atoms with E-state index in [2.05, 4.69) is 12.2 Å². The summed E-state index contributed by atoms with van der Waals surface area (Å²) in [6.07, 6.45) is 10.9. The minimum Gasteiger partial charge on any atom is -0.481 e. The molecule has 6 heteroatoms. The first-order valence-electron chi connectivity index (χ1n) is 9.03. The van der Waals surface area contributed by atoms with Crippen LogP contribution in [0.4, 0.5) is 0 Å². The van der Waals surface area contributed by atoms with Gasteiger partial charge in [0.25, 0.3) is 0 Å². The minimum absolute atomic E-state index is 0.0408. The molecule has 1 aliphatic carbocycles. The van der Waals surface area contributed by atoms with Crippen LogP contribution in [0.3, 0.4) is 0 Å². The molecule has 0 bridgehead atoms. The summed E-state index contributed by atoms with van der Waals surface area (Å²) in [6.45, 7) is 2.06. The molecule has 0 aliphatic heterocycles. The van der Waals surface area contributed by atoms with Crippen molar-refractivity contribution >= 4 is 17.7 Å². The topological polar surface area (TPSA) is 104 Å². The molecule has 0 aromatic heterocycles. The van der Waals surface area contributed by atoms with Crippen LogP contribution in [-0.2, 0) is 14.4 Å². The molecule has 0 radical (unpaired) electrons. The highest BCUT2D eigenvalue weighted by molar-refractivity contribution is 5.96. The zero-order valence-electron chi connectivity index (χ0n) is 14.8. The number of ketones is 1. The molecule has 1 aliphatic rings. The Hall–Kier alpha value is -1.95. The number of carboxylic acids is 1. The number of carboxylic acid groups (broad SMARTS) is 1. The molecule has 0 heterocycles. The number of hydrogen-bond donors (Lipinski definition) is 3. The van der Waals surface area contributed by atoms with Gasteiger partial charge in [-0.15, -0.1) is 0 Å². The first kappa shape index (κ1) is 21.1. The van der Waals surface area contributed by atoms with Crippen molar-refractivity contribution in [2.75, 3.05) is 0 Å². The van der Waals surface area contributed by atoms with Crippen LogP contribution < -0.4 is 5.32 Å². The van der Waals surface area contributed by atoms with Crippen molar-refractivity contribution in [1.29, 1.82) is 0 Å². The highest BCUT2D eigenvalue weighted by Gasteiger charge is 2.31. The molecule has 0 fully saturated rings. The molecule has 1 rings (SSSR count). The Morgan fingerprint density at radius 2 is 2.04 bits per heavy atom. The molecule has 0 unspecified atom stereocenters. The average Bonchev–Trinajstić information content (AvgIpc) is 2.90. The third-order valence-corrected chi connectivity index (χ3v) is 4.28. The predicted molar refractivity (Wildman–Crippen MR) is 95.0 cm³/mol. The van der Waals surface area contributed by atoms with Gasteiger partial charge in [-0.3, -0.25) is 14.4 Å². The Bertz CT molecular complexity index is 512. The van der Waals surface area contributed by atoms with Crippen molar-refractivity contribution in [3.63, 3.8) is 0 Å². The second-order valence-electron chi connectivity index (χ2n) is 6.41. The molecular weight excluding hydrogens is 322 g/mol. The Kier molecular flexibility index (Phi) is 9.77. The number of carbonyl (C=O) groups is 3. The molecule has 6 nitrogen and oxygen atoms in total. The highest BCUT2D eigenvalue weighted by atomic mass is 16.4. The van der Waals surface area contributed by atoms with Crippen molar-refractivity contribution < 1.29 is 24.6 Å². The maximum atomic E-state index is 12.0. The first-order chi connectivity index (χ1) is 12.0. The molecule has 1 amide bonds. The number of aliphatic hydroxyl groups excluding tert-OH is 1. The fourth-order valence-electron chi connectivity index (χ4n) is 2.76. The average molecular weight is 351 g/mol. The summed E-state index contributed by atoms with van der Waals surface area (Å²) in [7, 11) is 0. The van der Waals surface area contributed by atoms with E-state index in [0.29, 0.717) is 25.7 Å². The summed E-state index contributed by atoms with van der Waals surface area (Å²) in [5.74, 6) is -1.65. The van der Waals surface area contributed by atoms with E-state index in [-0.39, 0.29) is 18.1 Å². The van der Waals surface area contributed by atoms with E-state index in [1.807, 2.05) is 12.2 Å². The van der Waals surface area contributed by atoms with E-state index >= 15 is 0 Å².